The molecule has 1 fully saturated rings. The first-order chi connectivity index (χ1) is 11.6. The average Bonchev–Trinajstić information content (AvgIpc) is 2.62. The van der Waals surface area contributed by atoms with E-state index >= 15 is 0 Å². The number of carbonyl (C=O) groups is 1. The lowest BCUT2D eigenvalue weighted by Crippen LogP contribution is -2.50. The van der Waals surface area contributed by atoms with E-state index in [-0.39, 0.29) is 23.7 Å². The van der Waals surface area contributed by atoms with Gasteiger partial charge in [0.15, 0.2) is 0 Å². The number of aromatic nitrogens is 1. The van der Waals surface area contributed by atoms with Crippen molar-refractivity contribution in [2.24, 2.45) is 5.92 Å². The van der Waals surface area contributed by atoms with E-state index in [9.17, 15) is 9.18 Å². The van der Waals surface area contributed by atoms with Crippen molar-refractivity contribution < 1.29 is 9.18 Å². The summed E-state index contributed by atoms with van der Waals surface area (Å²) in [6.07, 6.45) is 4.09. The number of nitrogens with zero attached hydrogens (tertiary/aromatic N) is 2. The summed E-state index contributed by atoms with van der Waals surface area (Å²) in [5.74, 6) is -0.346. The van der Waals surface area contributed by atoms with Crippen LogP contribution in [0.3, 0.4) is 0 Å². The van der Waals surface area contributed by atoms with Gasteiger partial charge in [0, 0.05) is 37.9 Å². The largest absolute Gasteiger partial charge is 0.333 e. The van der Waals surface area contributed by atoms with Crippen LogP contribution in [0.5, 0.6) is 0 Å². The third kappa shape index (κ3) is 3.79. The number of benzene rings is 1. The lowest BCUT2D eigenvalue weighted by atomic mass is 9.97. The van der Waals surface area contributed by atoms with Gasteiger partial charge in [0.25, 0.3) is 0 Å². The maximum atomic E-state index is 13.3. The molecule has 3 rings (SSSR count). The van der Waals surface area contributed by atoms with Crippen LogP contribution in [-0.2, 0) is 11.2 Å². The third-order valence-electron chi connectivity index (χ3n) is 4.45. The second-order valence-corrected chi connectivity index (χ2v) is 6.27. The quantitative estimate of drug-likeness (QED) is 0.939. The summed E-state index contributed by atoms with van der Waals surface area (Å²) in [5.41, 5.74) is 1.89. The number of hydrogen-bond acceptors (Lipinski definition) is 3. The Morgan fingerprint density at radius 2 is 2.29 bits per heavy atom. The van der Waals surface area contributed by atoms with E-state index in [4.69, 9.17) is 0 Å². The normalized spacial score (nSPS) is 19.1. The number of carbonyl (C=O) groups excluding carboxylic acids is 1. The fourth-order valence-corrected chi connectivity index (χ4v) is 3.23. The molecule has 0 saturated carbocycles. The fourth-order valence-electron chi connectivity index (χ4n) is 3.23. The molecule has 2 heterocycles. The molecular weight excluding hydrogens is 305 g/mol. The van der Waals surface area contributed by atoms with Crippen molar-refractivity contribution in [3.05, 3.63) is 65.7 Å². The molecule has 2 unspecified atom stereocenters. The highest BCUT2D eigenvalue weighted by atomic mass is 19.1. The zero-order chi connectivity index (χ0) is 16.9. The van der Waals surface area contributed by atoms with Crippen molar-refractivity contribution in [2.45, 2.75) is 19.4 Å². The van der Waals surface area contributed by atoms with E-state index in [1.165, 1.54) is 12.1 Å². The Balaban J connectivity index is 1.74. The Kier molecular flexibility index (Phi) is 5.20. The van der Waals surface area contributed by atoms with Crippen LogP contribution in [0.2, 0.25) is 0 Å². The van der Waals surface area contributed by atoms with Crippen LogP contribution < -0.4 is 5.32 Å². The second kappa shape index (κ2) is 7.53. The maximum absolute atomic E-state index is 13.3. The highest BCUT2D eigenvalue weighted by molar-refractivity contribution is 5.79. The van der Waals surface area contributed by atoms with Crippen LogP contribution in [0, 0.1) is 11.7 Å². The van der Waals surface area contributed by atoms with Crippen LogP contribution in [-0.4, -0.2) is 35.4 Å². The number of halogens is 1. The summed E-state index contributed by atoms with van der Waals surface area (Å²) >= 11 is 0. The number of nitrogens with one attached hydrogen (secondary N) is 1. The first-order valence-electron chi connectivity index (χ1n) is 8.30. The van der Waals surface area contributed by atoms with Crippen LogP contribution in [0.1, 0.15) is 24.1 Å². The molecule has 1 saturated heterocycles. The van der Waals surface area contributed by atoms with Gasteiger partial charge < -0.3 is 10.2 Å². The van der Waals surface area contributed by atoms with E-state index in [1.807, 2.05) is 36.2 Å². The van der Waals surface area contributed by atoms with Crippen molar-refractivity contribution in [3.63, 3.8) is 0 Å². The first kappa shape index (κ1) is 16.6. The lowest BCUT2D eigenvalue weighted by Gasteiger charge is -2.38. The van der Waals surface area contributed by atoms with Crippen molar-refractivity contribution in [3.8, 4) is 0 Å². The monoisotopic (exact) mass is 327 g/mol. The summed E-state index contributed by atoms with van der Waals surface area (Å²) in [6, 6.07) is 10.4. The smallest absolute Gasteiger partial charge is 0.226 e. The Morgan fingerprint density at radius 3 is 3.04 bits per heavy atom. The molecule has 0 radical (unpaired) electrons. The van der Waals surface area contributed by atoms with Gasteiger partial charge in [0.1, 0.15) is 5.82 Å². The molecule has 1 aromatic carbocycles. The topological polar surface area (TPSA) is 45.2 Å². The molecule has 4 nitrogen and oxygen atoms in total. The molecule has 126 valence electrons. The van der Waals surface area contributed by atoms with E-state index in [0.717, 1.165) is 24.2 Å². The summed E-state index contributed by atoms with van der Waals surface area (Å²) < 4.78 is 13.3. The molecule has 1 aromatic heterocycles. The summed E-state index contributed by atoms with van der Waals surface area (Å²) in [4.78, 5) is 19.1. The number of rotatable bonds is 4. The van der Waals surface area contributed by atoms with Gasteiger partial charge in [-0.3, -0.25) is 9.78 Å². The Bertz CT molecular complexity index is 692. The van der Waals surface area contributed by atoms with Crippen molar-refractivity contribution in [2.75, 3.05) is 19.6 Å². The zero-order valence-electron chi connectivity index (χ0n) is 13.8. The zero-order valence-corrected chi connectivity index (χ0v) is 13.8. The number of piperazine rings is 1. The van der Waals surface area contributed by atoms with Crippen molar-refractivity contribution in [1.82, 2.24) is 15.2 Å². The molecule has 1 aliphatic heterocycles. The molecule has 0 bridgehead atoms. The molecule has 1 N–H and O–H groups in total. The molecule has 0 aliphatic carbocycles. The van der Waals surface area contributed by atoms with E-state index < -0.39 is 0 Å². The minimum Gasteiger partial charge on any atom is -0.333 e. The summed E-state index contributed by atoms with van der Waals surface area (Å²) in [7, 11) is 0. The SMILES string of the molecule is CC(Cc1cccc(F)c1)C(=O)N1CCNCC1c1cccnc1. The highest BCUT2D eigenvalue weighted by Gasteiger charge is 2.30. The average molecular weight is 327 g/mol. The van der Waals surface area contributed by atoms with E-state index in [2.05, 4.69) is 10.3 Å². The molecule has 0 spiro atoms. The predicted octanol–water partition coefficient (Wildman–Crippen LogP) is 2.57. The highest BCUT2D eigenvalue weighted by Crippen LogP contribution is 2.24. The van der Waals surface area contributed by atoms with Gasteiger partial charge in [-0.1, -0.05) is 25.1 Å². The van der Waals surface area contributed by atoms with Crippen molar-refractivity contribution >= 4 is 5.91 Å². The third-order valence-corrected chi connectivity index (χ3v) is 4.45. The Morgan fingerprint density at radius 1 is 1.42 bits per heavy atom. The lowest BCUT2D eigenvalue weighted by molar-refractivity contribution is -0.138. The molecular formula is C19H22FN3O. The van der Waals surface area contributed by atoms with Gasteiger partial charge in [-0.05, 0) is 35.7 Å². The standard InChI is InChI=1S/C19H22FN3O/c1-14(10-15-4-2-6-17(20)11-15)19(24)23-9-8-22-13-18(23)16-5-3-7-21-12-16/h2-7,11-12,14,18,22H,8-10,13H2,1H3. The summed E-state index contributed by atoms with van der Waals surface area (Å²) in [6.45, 7) is 4.10. The van der Waals surface area contributed by atoms with Gasteiger partial charge in [0.05, 0.1) is 6.04 Å². The minimum atomic E-state index is -0.262. The predicted molar refractivity (Wildman–Crippen MR) is 90.8 cm³/mol. The molecule has 2 atom stereocenters. The maximum Gasteiger partial charge on any atom is 0.226 e. The first-order valence-corrected chi connectivity index (χ1v) is 8.30. The molecule has 1 amide bonds. The van der Waals surface area contributed by atoms with E-state index in [1.54, 1.807) is 12.3 Å². The van der Waals surface area contributed by atoms with Gasteiger partial charge in [-0.2, -0.15) is 0 Å². The van der Waals surface area contributed by atoms with Crippen LogP contribution in [0.25, 0.3) is 0 Å². The van der Waals surface area contributed by atoms with Gasteiger partial charge in [-0.15, -0.1) is 0 Å². The Hall–Kier alpha value is -2.27. The van der Waals surface area contributed by atoms with Gasteiger partial charge in [0.2, 0.25) is 5.91 Å². The summed E-state index contributed by atoms with van der Waals surface area (Å²) in [5, 5.41) is 3.34. The van der Waals surface area contributed by atoms with Crippen LogP contribution >= 0.6 is 0 Å². The minimum absolute atomic E-state index is 0.00471. The molecule has 1 aliphatic rings. The number of amides is 1. The second-order valence-electron chi connectivity index (χ2n) is 6.27. The molecule has 2 aromatic rings. The van der Waals surface area contributed by atoms with Crippen LogP contribution in [0.4, 0.5) is 4.39 Å². The van der Waals surface area contributed by atoms with E-state index in [0.29, 0.717) is 13.0 Å². The Labute approximate surface area is 141 Å². The molecule has 5 heteroatoms. The van der Waals surface area contributed by atoms with Crippen LogP contribution in [0.15, 0.2) is 48.8 Å². The van der Waals surface area contributed by atoms with Gasteiger partial charge in [-0.25, -0.2) is 4.39 Å². The number of pyridine rings is 1. The fraction of sp³-hybridized carbons (Fsp3) is 0.368. The number of hydrogen-bond donors (Lipinski definition) is 1. The molecule has 24 heavy (non-hydrogen) atoms. The van der Waals surface area contributed by atoms with Crippen molar-refractivity contribution in [1.29, 1.82) is 0 Å². The van der Waals surface area contributed by atoms with Gasteiger partial charge >= 0.3 is 0 Å².